The Morgan fingerprint density at radius 2 is 2.00 bits per heavy atom. The average molecular weight is 451 g/mol. The van der Waals surface area contributed by atoms with Crippen LogP contribution in [-0.4, -0.2) is 18.0 Å². The number of carbonyl (C=O) groups is 1. The molecular weight excluding hydrogens is 422 g/mol. The first-order valence-electron chi connectivity index (χ1n) is 10.3. The zero-order valence-corrected chi connectivity index (χ0v) is 19.0. The first-order chi connectivity index (χ1) is 14.1. The third kappa shape index (κ3) is 5.35. The van der Waals surface area contributed by atoms with Crippen LogP contribution in [-0.2, 0) is 4.79 Å². The van der Waals surface area contributed by atoms with Crippen LogP contribution < -0.4 is 10.6 Å². The van der Waals surface area contributed by atoms with E-state index in [1.54, 1.807) is 24.3 Å². The lowest BCUT2D eigenvalue weighted by atomic mass is 9.64. The van der Waals surface area contributed by atoms with Crippen LogP contribution in [0.4, 0.5) is 10.1 Å². The summed E-state index contributed by atoms with van der Waals surface area (Å²) in [7, 11) is 0. The maximum atomic E-state index is 15.2. The Labute approximate surface area is 188 Å². The fraction of sp³-hybridized carbons (Fsp3) is 0.458. The Kier molecular flexibility index (Phi) is 7.11. The number of nitrogens with one attached hydrogen (secondary N) is 2. The van der Waals surface area contributed by atoms with Gasteiger partial charge >= 0.3 is 0 Å². The maximum Gasteiger partial charge on any atom is 0.230 e. The first-order valence-corrected chi connectivity index (χ1v) is 11.1. The van der Waals surface area contributed by atoms with Crippen molar-refractivity contribution in [2.75, 3.05) is 11.9 Å². The SMILES string of the molecule is C=C(Cl)/C=C\C=C(/F)C1CNC2(CCC(C)(C)CC2)C1C(=O)Nc1cccc(Cl)c1. The Morgan fingerprint density at radius 1 is 1.30 bits per heavy atom. The van der Waals surface area contributed by atoms with E-state index in [0.717, 1.165) is 25.7 Å². The Hall–Kier alpha value is -1.62. The zero-order chi connectivity index (χ0) is 21.9. The molecule has 1 aliphatic carbocycles. The Bertz CT molecular complexity index is 868. The minimum Gasteiger partial charge on any atom is -0.326 e. The van der Waals surface area contributed by atoms with Gasteiger partial charge in [-0.1, -0.05) is 55.8 Å². The van der Waals surface area contributed by atoms with Gasteiger partial charge in [0.05, 0.1) is 5.92 Å². The summed E-state index contributed by atoms with van der Waals surface area (Å²) in [6.45, 7) is 8.49. The van der Waals surface area contributed by atoms with Gasteiger partial charge < -0.3 is 10.6 Å². The molecule has 2 fully saturated rings. The molecule has 1 heterocycles. The second-order valence-electron chi connectivity index (χ2n) is 9.14. The van der Waals surface area contributed by atoms with Crippen molar-refractivity contribution in [3.63, 3.8) is 0 Å². The predicted octanol–water partition coefficient (Wildman–Crippen LogP) is 6.62. The summed E-state index contributed by atoms with van der Waals surface area (Å²) in [5.74, 6) is -1.57. The van der Waals surface area contributed by atoms with Gasteiger partial charge in [0.15, 0.2) is 0 Å². The van der Waals surface area contributed by atoms with Crippen LogP contribution in [0.5, 0.6) is 0 Å². The van der Waals surface area contributed by atoms with Gasteiger partial charge in [-0.05, 0) is 61.4 Å². The molecule has 0 radical (unpaired) electrons. The van der Waals surface area contributed by atoms with E-state index in [1.165, 1.54) is 18.2 Å². The summed E-state index contributed by atoms with van der Waals surface area (Å²) in [6, 6.07) is 7.03. The second-order valence-corrected chi connectivity index (χ2v) is 10.1. The molecular formula is C24H29Cl2FN2O. The van der Waals surface area contributed by atoms with E-state index in [0.29, 0.717) is 22.3 Å². The monoisotopic (exact) mass is 450 g/mol. The number of halogens is 3. The van der Waals surface area contributed by atoms with Crippen molar-refractivity contribution < 1.29 is 9.18 Å². The molecule has 1 aromatic carbocycles. The molecule has 2 unspecified atom stereocenters. The van der Waals surface area contributed by atoms with Gasteiger partial charge in [0.25, 0.3) is 0 Å². The Balaban J connectivity index is 1.89. The van der Waals surface area contributed by atoms with Gasteiger partial charge in [0.1, 0.15) is 5.83 Å². The molecule has 1 saturated carbocycles. The van der Waals surface area contributed by atoms with Gasteiger partial charge in [0, 0.05) is 33.7 Å². The number of anilines is 1. The van der Waals surface area contributed by atoms with Gasteiger partial charge in [0.2, 0.25) is 5.91 Å². The fourth-order valence-corrected chi connectivity index (χ4v) is 4.89. The number of amides is 1. The molecule has 3 rings (SSSR count). The van der Waals surface area contributed by atoms with Crippen LogP contribution in [0.3, 0.4) is 0 Å². The summed E-state index contributed by atoms with van der Waals surface area (Å²) >= 11 is 11.8. The minimum atomic E-state index is -0.543. The van der Waals surface area contributed by atoms with Crippen molar-refractivity contribution in [1.82, 2.24) is 5.32 Å². The van der Waals surface area contributed by atoms with Crippen LogP contribution >= 0.6 is 23.2 Å². The highest BCUT2D eigenvalue weighted by Crippen LogP contribution is 2.49. The van der Waals surface area contributed by atoms with E-state index in [1.807, 2.05) is 0 Å². The van der Waals surface area contributed by atoms with E-state index in [9.17, 15) is 4.79 Å². The van der Waals surface area contributed by atoms with Gasteiger partial charge in [-0.25, -0.2) is 4.39 Å². The van der Waals surface area contributed by atoms with E-state index in [4.69, 9.17) is 23.2 Å². The molecule has 6 heteroatoms. The molecule has 30 heavy (non-hydrogen) atoms. The van der Waals surface area contributed by atoms with Crippen molar-refractivity contribution in [2.45, 2.75) is 45.1 Å². The van der Waals surface area contributed by atoms with Crippen molar-refractivity contribution in [1.29, 1.82) is 0 Å². The molecule has 1 amide bonds. The van der Waals surface area contributed by atoms with Gasteiger partial charge in [-0.2, -0.15) is 0 Å². The van der Waals surface area contributed by atoms with Crippen LogP contribution in [0.15, 0.2) is 59.9 Å². The smallest absolute Gasteiger partial charge is 0.230 e. The summed E-state index contributed by atoms with van der Waals surface area (Å²) < 4.78 is 15.2. The van der Waals surface area contributed by atoms with E-state index < -0.39 is 17.4 Å². The number of allylic oxidation sites excluding steroid dienone is 4. The van der Waals surface area contributed by atoms with E-state index >= 15 is 4.39 Å². The molecule has 2 N–H and O–H groups in total. The third-order valence-corrected chi connectivity index (χ3v) is 6.79. The standard InChI is InChI=1S/C24H29Cl2FN2O/c1-16(25)6-4-9-20(27)19-15-28-24(12-10-23(2,3)11-13-24)21(19)22(30)29-18-8-5-7-17(26)14-18/h4-9,14,19,21,28H,1,10-13,15H2,2-3H3,(H,29,30)/b6-4-,20-9-. The molecule has 2 atom stereocenters. The summed E-state index contributed by atoms with van der Waals surface area (Å²) in [5, 5.41) is 7.36. The third-order valence-electron chi connectivity index (χ3n) is 6.43. The van der Waals surface area contributed by atoms with E-state index in [2.05, 4.69) is 31.1 Å². The molecule has 162 valence electrons. The number of hydrogen-bond donors (Lipinski definition) is 2. The largest absolute Gasteiger partial charge is 0.326 e. The van der Waals surface area contributed by atoms with E-state index in [-0.39, 0.29) is 17.1 Å². The average Bonchev–Trinajstić information content (AvgIpc) is 3.04. The number of carbonyl (C=O) groups excluding carboxylic acids is 1. The van der Waals surface area contributed by atoms with Crippen molar-refractivity contribution in [3.05, 3.63) is 65.0 Å². The maximum absolute atomic E-state index is 15.2. The Morgan fingerprint density at radius 3 is 2.63 bits per heavy atom. The number of rotatable bonds is 5. The second kappa shape index (κ2) is 9.25. The molecule has 2 aliphatic rings. The zero-order valence-electron chi connectivity index (χ0n) is 17.5. The summed E-state index contributed by atoms with van der Waals surface area (Å²) in [4.78, 5) is 13.4. The molecule has 1 spiro atoms. The quantitative estimate of drug-likeness (QED) is 0.495. The minimum absolute atomic E-state index is 0.179. The highest BCUT2D eigenvalue weighted by molar-refractivity contribution is 6.31. The van der Waals surface area contributed by atoms with Gasteiger partial charge in [-0.15, -0.1) is 0 Å². The first kappa shape index (κ1) is 23.1. The summed E-state index contributed by atoms with van der Waals surface area (Å²) in [5.41, 5.74) is 0.442. The molecule has 1 aliphatic heterocycles. The molecule has 1 aromatic rings. The van der Waals surface area contributed by atoms with Crippen molar-refractivity contribution in [3.8, 4) is 0 Å². The number of benzene rings is 1. The molecule has 0 aromatic heterocycles. The normalized spacial score (nSPS) is 25.6. The lowest BCUT2D eigenvalue weighted by Gasteiger charge is -2.45. The topological polar surface area (TPSA) is 41.1 Å². The van der Waals surface area contributed by atoms with Crippen molar-refractivity contribution in [2.24, 2.45) is 17.3 Å². The molecule has 1 saturated heterocycles. The van der Waals surface area contributed by atoms with Crippen LogP contribution in [0, 0.1) is 17.3 Å². The highest BCUT2D eigenvalue weighted by Gasteiger charge is 2.55. The highest BCUT2D eigenvalue weighted by atomic mass is 35.5. The van der Waals surface area contributed by atoms with Gasteiger partial charge in [-0.3, -0.25) is 4.79 Å². The fourth-order valence-electron chi connectivity index (χ4n) is 4.63. The summed E-state index contributed by atoms with van der Waals surface area (Å²) in [6.07, 6.45) is 8.10. The lowest BCUT2D eigenvalue weighted by molar-refractivity contribution is -0.123. The molecule has 3 nitrogen and oxygen atoms in total. The van der Waals surface area contributed by atoms with Crippen LogP contribution in [0.1, 0.15) is 39.5 Å². The molecule has 0 bridgehead atoms. The van der Waals surface area contributed by atoms with Crippen molar-refractivity contribution >= 4 is 34.8 Å². The number of hydrogen-bond acceptors (Lipinski definition) is 2. The predicted molar refractivity (Wildman–Crippen MR) is 123 cm³/mol. The lowest BCUT2D eigenvalue weighted by Crippen LogP contribution is -2.52. The van der Waals surface area contributed by atoms with Crippen LogP contribution in [0.25, 0.3) is 0 Å². The van der Waals surface area contributed by atoms with Crippen LogP contribution in [0.2, 0.25) is 5.02 Å².